The normalized spacial score (nSPS) is 11.1. The highest BCUT2D eigenvalue weighted by Crippen LogP contribution is 2.34. The van der Waals surface area contributed by atoms with E-state index in [0.717, 1.165) is 22.1 Å². The van der Waals surface area contributed by atoms with E-state index in [4.69, 9.17) is 21.6 Å². The third kappa shape index (κ3) is 4.51. The summed E-state index contributed by atoms with van der Waals surface area (Å²) >= 11 is 6.59. The second kappa shape index (κ2) is 9.88. The second-order valence-corrected chi connectivity index (χ2v) is 9.14. The zero-order chi connectivity index (χ0) is 26.1. The van der Waals surface area contributed by atoms with Crippen molar-refractivity contribution in [2.24, 2.45) is 0 Å². The second-order valence-electron chi connectivity index (χ2n) is 8.73. The van der Waals surface area contributed by atoms with E-state index in [0.29, 0.717) is 34.0 Å². The van der Waals surface area contributed by atoms with Gasteiger partial charge in [-0.15, -0.1) is 0 Å². The third-order valence-corrected chi connectivity index (χ3v) is 6.49. The van der Waals surface area contributed by atoms with E-state index in [-0.39, 0.29) is 11.2 Å². The van der Waals surface area contributed by atoms with Gasteiger partial charge in [0.25, 0.3) is 11.5 Å². The number of aromatic nitrogens is 4. The zero-order valence-electron chi connectivity index (χ0n) is 20.0. The highest BCUT2D eigenvalue weighted by molar-refractivity contribution is 6.35. The van der Waals surface area contributed by atoms with Crippen LogP contribution in [0.3, 0.4) is 0 Å². The molecule has 0 saturated heterocycles. The van der Waals surface area contributed by atoms with Gasteiger partial charge in [0, 0.05) is 29.3 Å². The van der Waals surface area contributed by atoms with Crippen LogP contribution in [-0.2, 0) is 6.54 Å². The first-order chi connectivity index (χ1) is 18.6. The molecule has 0 aliphatic rings. The first-order valence-corrected chi connectivity index (χ1v) is 12.3. The van der Waals surface area contributed by atoms with Gasteiger partial charge in [0.1, 0.15) is 11.1 Å². The SMILES string of the molecule is O=C(NCc1ccccc1)c1cc2nc(-c3cc(Cl)c4ncccc4c3)c(-c3ccccc3)nc2[nH]c1=O. The van der Waals surface area contributed by atoms with Gasteiger partial charge in [0.05, 0.1) is 21.9 Å². The Labute approximate surface area is 222 Å². The lowest BCUT2D eigenvalue weighted by molar-refractivity contribution is 0.0949. The van der Waals surface area contributed by atoms with E-state index in [1.165, 1.54) is 6.07 Å². The topological polar surface area (TPSA) is 101 Å². The summed E-state index contributed by atoms with van der Waals surface area (Å²) in [4.78, 5) is 42.6. The van der Waals surface area contributed by atoms with Gasteiger partial charge in [-0.25, -0.2) is 9.97 Å². The van der Waals surface area contributed by atoms with Crippen LogP contribution in [0.5, 0.6) is 0 Å². The summed E-state index contributed by atoms with van der Waals surface area (Å²) in [6, 6.07) is 28.1. The number of nitrogens with one attached hydrogen (secondary N) is 2. The molecule has 0 aliphatic heterocycles. The van der Waals surface area contributed by atoms with E-state index in [9.17, 15) is 9.59 Å². The molecule has 1 amide bonds. The molecule has 6 aromatic rings. The molecule has 38 heavy (non-hydrogen) atoms. The molecular weight excluding hydrogens is 498 g/mol. The monoisotopic (exact) mass is 517 g/mol. The summed E-state index contributed by atoms with van der Waals surface area (Å²) in [5.74, 6) is -0.493. The molecule has 0 aliphatic carbocycles. The largest absolute Gasteiger partial charge is 0.348 e. The van der Waals surface area contributed by atoms with Crippen molar-refractivity contribution >= 4 is 39.6 Å². The molecule has 2 N–H and O–H groups in total. The van der Waals surface area contributed by atoms with Crippen LogP contribution in [0.25, 0.3) is 44.6 Å². The predicted octanol–water partition coefficient (Wildman–Crippen LogP) is 5.78. The van der Waals surface area contributed by atoms with Gasteiger partial charge >= 0.3 is 0 Å². The Morgan fingerprint density at radius 2 is 1.58 bits per heavy atom. The van der Waals surface area contributed by atoms with E-state index in [1.807, 2.05) is 78.9 Å². The maximum atomic E-state index is 12.9. The van der Waals surface area contributed by atoms with Crippen molar-refractivity contribution in [1.82, 2.24) is 25.3 Å². The van der Waals surface area contributed by atoms with Crippen molar-refractivity contribution in [3.63, 3.8) is 0 Å². The predicted molar refractivity (Wildman–Crippen MR) is 149 cm³/mol. The summed E-state index contributed by atoms with van der Waals surface area (Å²) in [5, 5.41) is 4.15. The van der Waals surface area contributed by atoms with E-state index < -0.39 is 11.5 Å². The van der Waals surface area contributed by atoms with Crippen LogP contribution in [-0.4, -0.2) is 25.8 Å². The number of benzene rings is 3. The highest BCUT2D eigenvalue weighted by atomic mass is 35.5. The molecule has 184 valence electrons. The number of aromatic amines is 1. The van der Waals surface area contributed by atoms with Crippen molar-refractivity contribution in [3.05, 3.63) is 124 Å². The zero-order valence-corrected chi connectivity index (χ0v) is 20.7. The van der Waals surface area contributed by atoms with Crippen LogP contribution in [0.2, 0.25) is 5.02 Å². The van der Waals surface area contributed by atoms with Crippen molar-refractivity contribution in [1.29, 1.82) is 0 Å². The van der Waals surface area contributed by atoms with Crippen LogP contribution < -0.4 is 10.9 Å². The lowest BCUT2D eigenvalue weighted by Crippen LogP contribution is -2.29. The van der Waals surface area contributed by atoms with Gasteiger partial charge < -0.3 is 10.3 Å². The summed E-state index contributed by atoms with van der Waals surface area (Å²) in [6.45, 7) is 0.296. The molecule has 0 bridgehead atoms. The Balaban J connectivity index is 1.49. The molecule has 0 saturated carbocycles. The molecule has 3 aromatic carbocycles. The third-order valence-electron chi connectivity index (χ3n) is 6.20. The fraction of sp³-hybridized carbons (Fsp3) is 0.0333. The Morgan fingerprint density at radius 1 is 0.842 bits per heavy atom. The number of carbonyl (C=O) groups excluding carboxylic acids is 1. The minimum Gasteiger partial charge on any atom is -0.348 e. The lowest BCUT2D eigenvalue weighted by Gasteiger charge is -2.12. The number of pyridine rings is 2. The number of halogens is 1. The molecule has 3 aromatic heterocycles. The van der Waals surface area contributed by atoms with Gasteiger partial charge in [-0.1, -0.05) is 78.3 Å². The number of amides is 1. The maximum absolute atomic E-state index is 12.9. The van der Waals surface area contributed by atoms with Crippen molar-refractivity contribution < 1.29 is 4.79 Å². The van der Waals surface area contributed by atoms with Crippen LogP contribution in [0, 0.1) is 0 Å². The fourth-order valence-electron chi connectivity index (χ4n) is 4.34. The Bertz CT molecular complexity index is 1870. The van der Waals surface area contributed by atoms with E-state index in [1.54, 1.807) is 12.3 Å². The molecule has 0 spiro atoms. The molecule has 0 atom stereocenters. The summed E-state index contributed by atoms with van der Waals surface area (Å²) in [6.07, 6.45) is 1.69. The number of H-pyrrole nitrogens is 1. The Hall–Kier alpha value is -4.88. The van der Waals surface area contributed by atoms with Crippen LogP contribution >= 0.6 is 11.6 Å². The summed E-state index contributed by atoms with van der Waals surface area (Å²) in [5.41, 5.74) is 4.41. The fourth-order valence-corrected chi connectivity index (χ4v) is 4.62. The molecule has 0 unspecified atom stereocenters. The molecule has 6 rings (SSSR count). The van der Waals surface area contributed by atoms with Gasteiger partial charge in [-0.05, 0) is 29.8 Å². The molecular formula is C30H20ClN5O2. The lowest BCUT2D eigenvalue weighted by atomic mass is 10.0. The average molecular weight is 518 g/mol. The first kappa shape index (κ1) is 23.5. The Morgan fingerprint density at radius 3 is 2.37 bits per heavy atom. The van der Waals surface area contributed by atoms with Crippen molar-refractivity contribution in [2.45, 2.75) is 6.54 Å². The van der Waals surface area contributed by atoms with Crippen molar-refractivity contribution in [3.8, 4) is 22.5 Å². The van der Waals surface area contributed by atoms with E-state index in [2.05, 4.69) is 15.3 Å². The minimum atomic E-state index is -0.538. The molecule has 7 nitrogen and oxygen atoms in total. The van der Waals surface area contributed by atoms with Gasteiger partial charge in [-0.2, -0.15) is 0 Å². The van der Waals surface area contributed by atoms with Crippen LogP contribution in [0.4, 0.5) is 0 Å². The van der Waals surface area contributed by atoms with Crippen LogP contribution in [0.15, 0.2) is 102 Å². The van der Waals surface area contributed by atoms with Crippen LogP contribution in [0.1, 0.15) is 15.9 Å². The van der Waals surface area contributed by atoms with Gasteiger partial charge in [0.15, 0.2) is 5.65 Å². The quantitative estimate of drug-likeness (QED) is 0.302. The van der Waals surface area contributed by atoms with Crippen molar-refractivity contribution in [2.75, 3.05) is 0 Å². The standard InChI is InChI=1S/C30H20ClN5O2/c31-23-15-21(14-20-12-7-13-32-25(20)23)27-26(19-10-5-2-6-11-19)35-28-24(34-27)16-22(30(38)36-28)29(37)33-17-18-8-3-1-4-9-18/h1-16H,17H2,(H,33,37)(H,35,36,38). The number of hydrogen-bond acceptors (Lipinski definition) is 5. The smallest absolute Gasteiger partial charge is 0.262 e. The molecule has 0 fully saturated rings. The van der Waals surface area contributed by atoms with Gasteiger partial charge in [-0.3, -0.25) is 14.6 Å². The molecule has 8 heteroatoms. The summed E-state index contributed by atoms with van der Waals surface area (Å²) in [7, 11) is 0. The maximum Gasteiger partial charge on any atom is 0.262 e. The highest BCUT2D eigenvalue weighted by Gasteiger charge is 2.18. The number of fused-ring (bicyclic) bond motifs is 2. The first-order valence-electron chi connectivity index (χ1n) is 11.9. The number of rotatable bonds is 5. The number of hydrogen-bond donors (Lipinski definition) is 2. The Kier molecular flexibility index (Phi) is 6.11. The minimum absolute atomic E-state index is 0.0399. The van der Waals surface area contributed by atoms with Gasteiger partial charge in [0.2, 0.25) is 0 Å². The number of carbonyl (C=O) groups is 1. The number of nitrogens with zero attached hydrogens (tertiary/aromatic N) is 3. The summed E-state index contributed by atoms with van der Waals surface area (Å²) < 4.78 is 0. The molecule has 0 radical (unpaired) electrons. The van der Waals surface area contributed by atoms with E-state index >= 15 is 0 Å². The average Bonchev–Trinajstić information content (AvgIpc) is 2.96. The molecule has 3 heterocycles.